The van der Waals surface area contributed by atoms with Gasteiger partial charge < -0.3 is 0 Å². The Morgan fingerprint density at radius 3 is 2.50 bits per heavy atom. The lowest BCUT2D eigenvalue weighted by molar-refractivity contribution is 0.329. The summed E-state index contributed by atoms with van der Waals surface area (Å²) in [6, 6.07) is 0. The van der Waals surface area contributed by atoms with Crippen LogP contribution in [-0.4, -0.2) is 0 Å². The smallest absolute Gasteiger partial charge is 0.0274 e. The summed E-state index contributed by atoms with van der Waals surface area (Å²) in [5, 5.41) is 0. The Hall–Kier alpha value is 0.470. The first-order chi connectivity index (χ1) is 6.93. The van der Waals surface area contributed by atoms with Gasteiger partial charge in [-0.05, 0) is 22.8 Å². The third-order valence-corrected chi connectivity index (χ3v) is 3.81. The second kappa shape index (κ2) is 8.75. The lowest BCUT2D eigenvalue weighted by Crippen LogP contribution is -2.05. The molecule has 14 heavy (non-hydrogen) atoms. The molecule has 1 aliphatic rings. The highest BCUT2D eigenvalue weighted by molar-refractivity contribution is 14.1. The molecule has 0 N–H and O–H groups in total. The van der Waals surface area contributed by atoms with Gasteiger partial charge in [0.25, 0.3) is 0 Å². The summed E-state index contributed by atoms with van der Waals surface area (Å²) in [6.07, 6.45) is 16.9. The SMILES string of the molecule is IC=CCCCCCC1CCCCC1. The molecule has 0 amide bonds. The van der Waals surface area contributed by atoms with Gasteiger partial charge in [-0.3, -0.25) is 0 Å². The van der Waals surface area contributed by atoms with Crippen molar-refractivity contribution in [1.82, 2.24) is 0 Å². The monoisotopic (exact) mass is 306 g/mol. The van der Waals surface area contributed by atoms with E-state index < -0.39 is 0 Å². The molecule has 0 bridgehead atoms. The predicted molar refractivity (Wildman–Crippen MR) is 72.8 cm³/mol. The molecule has 1 rings (SSSR count). The number of halogens is 1. The van der Waals surface area contributed by atoms with Crippen LogP contribution in [0.4, 0.5) is 0 Å². The van der Waals surface area contributed by atoms with Crippen LogP contribution >= 0.6 is 22.6 Å². The van der Waals surface area contributed by atoms with Crippen molar-refractivity contribution >= 4 is 22.6 Å². The second-order valence-electron chi connectivity index (χ2n) is 4.50. The zero-order chi connectivity index (χ0) is 10.1. The highest BCUT2D eigenvalue weighted by Crippen LogP contribution is 2.27. The number of unbranched alkanes of at least 4 members (excludes halogenated alkanes) is 3. The molecule has 0 nitrogen and oxygen atoms in total. The predicted octanol–water partition coefficient (Wildman–Crippen LogP) is 5.47. The first kappa shape index (κ1) is 12.5. The van der Waals surface area contributed by atoms with Gasteiger partial charge in [0.1, 0.15) is 0 Å². The number of rotatable bonds is 6. The molecule has 0 radical (unpaired) electrons. The van der Waals surface area contributed by atoms with Crippen LogP contribution in [0.15, 0.2) is 10.2 Å². The summed E-state index contributed by atoms with van der Waals surface area (Å²) >= 11 is 2.30. The Kier molecular flexibility index (Phi) is 7.84. The minimum atomic E-state index is 1.09. The zero-order valence-corrected chi connectivity index (χ0v) is 11.3. The molecule has 0 spiro atoms. The Balaban J connectivity index is 1.87. The molecule has 0 atom stereocenters. The van der Waals surface area contributed by atoms with Crippen LogP contribution in [0, 0.1) is 5.92 Å². The summed E-state index contributed by atoms with van der Waals surface area (Å²) in [5.74, 6) is 1.09. The van der Waals surface area contributed by atoms with E-state index in [0.717, 1.165) is 5.92 Å². The minimum absolute atomic E-state index is 1.09. The molecule has 0 aliphatic heterocycles. The highest BCUT2D eigenvalue weighted by Gasteiger charge is 2.12. The highest BCUT2D eigenvalue weighted by atomic mass is 127. The van der Waals surface area contributed by atoms with Crippen molar-refractivity contribution in [1.29, 1.82) is 0 Å². The Bertz CT molecular complexity index is 145. The summed E-state index contributed by atoms with van der Waals surface area (Å²) in [5.41, 5.74) is 0. The maximum atomic E-state index is 2.30. The third-order valence-electron chi connectivity index (χ3n) is 3.30. The molecule has 82 valence electrons. The number of hydrogen-bond acceptors (Lipinski definition) is 0. The van der Waals surface area contributed by atoms with Crippen LogP contribution in [0.2, 0.25) is 0 Å². The van der Waals surface area contributed by atoms with E-state index in [1.54, 1.807) is 0 Å². The summed E-state index contributed by atoms with van der Waals surface area (Å²) < 4.78 is 2.14. The average Bonchev–Trinajstić information content (AvgIpc) is 2.25. The van der Waals surface area contributed by atoms with Crippen molar-refractivity contribution < 1.29 is 0 Å². The van der Waals surface area contributed by atoms with Crippen molar-refractivity contribution in [3.05, 3.63) is 10.2 Å². The van der Waals surface area contributed by atoms with Crippen LogP contribution in [0.3, 0.4) is 0 Å². The van der Waals surface area contributed by atoms with E-state index in [1.165, 1.54) is 64.2 Å². The van der Waals surface area contributed by atoms with E-state index in [0.29, 0.717) is 0 Å². The van der Waals surface area contributed by atoms with Gasteiger partial charge in [-0.2, -0.15) is 0 Å². The molecule has 1 aliphatic carbocycles. The van der Waals surface area contributed by atoms with Crippen molar-refractivity contribution in [3.8, 4) is 0 Å². The largest absolute Gasteiger partial charge is 0.0785 e. The van der Waals surface area contributed by atoms with E-state index in [4.69, 9.17) is 0 Å². The van der Waals surface area contributed by atoms with Gasteiger partial charge >= 0.3 is 0 Å². The van der Waals surface area contributed by atoms with Crippen molar-refractivity contribution in [2.24, 2.45) is 5.92 Å². The van der Waals surface area contributed by atoms with Crippen molar-refractivity contribution in [2.75, 3.05) is 0 Å². The van der Waals surface area contributed by atoms with E-state index in [9.17, 15) is 0 Å². The summed E-state index contributed by atoms with van der Waals surface area (Å²) in [7, 11) is 0. The van der Waals surface area contributed by atoms with E-state index in [-0.39, 0.29) is 0 Å². The maximum absolute atomic E-state index is 2.30. The van der Waals surface area contributed by atoms with Crippen LogP contribution in [0.1, 0.15) is 64.2 Å². The molecular weight excluding hydrogens is 283 g/mol. The molecule has 0 aromatic carbocycles. The molecule has 1 saturated carbocycles. The molecule has 1 fully saturated rings. The molecule has 1 heteroatoms. The first-order valence-corrected chi connectivity index (χ1v) is 7.43. The van der Waals surface area contributed by atoms with Crippen molar-refractivity contribution in [2.45, 2.75) is 64.2 Å². The van der Waals surface area contributed by atoms with E-state index in [2.05, 4.69) is 32.7 Å². The van der Waals surface area contributed by atoms with Gasteiger partial charge in [0.05, 0.1) is 0 Å². The summed E-state index contributed by atoms with van der Waals surface area (Å²) in [6.45, 7) is 0. The van der Waals surface area contributed by atoms with Crippen LogP contribution in [-0.2, 0) is 0 Å². The number of hydrogen-bond donors (Lipinski definition) is 0. The Morgan fingerprint density at radius 1 is 1.00 bits per heavy atom. The van der Waals surface area contributed by atoms with Crippen LogP contribution in [0.25, 0.3) is 0 Å². The lowest BCUT2D eigenvalue weighted by atomic mass is 9.85. The fourth-order valence-electron chi connectivity index (χ4n) is 2.41. The molecule has 0 saturated heterocycles. The van der Waals surface area contributed by atoms with Crippen LogP contribution < -0.4 is 0 Å². The molecule has 0 aromatic rings. The van der Waals surface area contributed by atoms with Gasteiger partial charge in [0.2, 0.25) is 0 Å². The second-order valence-corrected chi connectivity index (χ2v) is 5.22. The van der Waals surface area contributed by atoms with Gasteiger partial charge in [-0.1, -0.05) is 80.0 Å². The molecule has 0 aromatic heterocycles. The Morgan fingerprint density at radius 2 is 1.79 bits per heavy atom. The quantitative estimate of drug-likeness (QED) is 0.451. The first-order valence-electron chi connectivity index (χ1n) is 6.18. The van der Waals surface area contributed by atoms with Crippen molar-refractivity contribution in [3.63, 3.8) is 0 Å². The van der Waals surface area contributed by atoms with E-state index in [1.807, 2.05) is 0 Å². The standard InChI is InChI=1S/C13H23I/c14-12-8-3-1-2-5-9-13-10-6-4-7-11-13/h8,12-13H,1-7,9-11H2. The molecular formula is C13H23I. The Labute approximate surface area is 103 Å². The van der Waals surface area contributed by atoms with Gasteiger partial charge in [-0.15, -0.1) is 0 Å². The fraction of sp³-hybridized carbons (Fsp3) is 0.846. The average molecular weight is 306 g/mol. The maximum Gasteiger partial charge on any atom is -0.0274 e. The van der Waals surface area contributed by atoms with Gasteiger partial charge in [-0.25, -0.2) is 0 Å². The third kappa shape index (κ3) is 6.05. The minimum Gasteiger partial charge on any atom is -0.0785 e. The number of allylic oxidation sites excluding steroid dienone is 1. The zero-order valence-electron chi connectivity index (χ0n) is 9.18. The summed E-state index contributed by atoms with van der Waals surface area (Å²) in [4.78, 5) is 0. The fourth-order valence-corrected chi connectivity index (χ4v) is 2.77. The van der Waals surface area contributed by atoms with Gasteiger partial charge in [0, 0.05) is 0 Å². The topological polar surface area (TPSA) is 0 Å². The van der Waals surface area contributed by atoms with Crippen LogP contribution in [0.5, 0.6) is 0 Å². The molecule has 0 heterocycles. The normalized spacial score (nSPS) is 19.2. The van der Waals surface area contributed by atoms with Gasteiger partial charge in [0.15, 0.2) is 0 Å². The molecule has 0 unspecified atom stereocenters. The lowest BCUT2D eigenvalue weighted by Gasteiger charge is -2.21. The van der Waals surface area contributed by atoms with E-state index >= 15 is 0 Å².